The summed E-state index contributed by atoms with van der Waals surface area (Å²) in [5.74, 6) is 0. The van der Waals surface area contributed by atoms with Crippen LogP contribution in [0.1, 0.15) is 0 Å². The Bertz CT molecular complexity index is 6.00. The predicted molar refractivity (Wildman–Crippen MR) is 11.3 cm³/mol. The first-order chi connectivity index (χ1) is 0. The zero-order chi connectivity index (χ0) is 0. The van der Waals surface area contributed by atoms with Gasteiger partial charge in [-0.1, -0.05) is 0 Å². The zero-order valence-corrected chi connectivity index (χ0v) is 5.03. The summed E-state index contributed by atoms with van der Waals surface area (Å²) in [7, 11) is 0. The largest absolute Gasteiger partial charge is 2.00 e. The summed E-state index contributed by atoms with van der Waals surface area (Å²) < 4.78 is 0. The standard InChI is InChI=1S/BrH.Mg.2H2O/h1H;;2*1H2/q;+2;;/p-2. The molecule has 0 rings (SSSR count). The molecule has 0 atom stereocenters. The fourth-order valence-electron chi connectivity index (χ4n) is 0. The van der Waals surface area contributed by atoms with Crippen LogP contribution in [0.5, 0.6) is 0 Å². The quantitative estimate of drug-likeness (QED) is 0.313. The molecular formula is H3BrMgO2. The van der Waals surface area contributed by atoms with Crippen LogP contribution in [0.25, 0.3) is 0 Å². The Hall–Kier alpha value is 1.17. The molecule has 0 aliphatic carbocycles. The van der Waals surface area contributed by atoms with E-state index in [1.54, 1.807) is 0 Å². The van der Waals surface area contributed by atoms with Crippen LogP contribution in [0.15, 0.2) is 0 Å². The third-order valence-corrected chi connectivity index (χ3v) is 0. The van der Waals surface area contributed by atoms with Gasteiger partial charge in [0.2, 0.25) is 0 Å². The summed E-state index contributed by atoms with van der Waals surface area (Å²) in [6, 6.07) is 0. The van der Waals surface area contributed by atoms with Crippen LogP contribution < -0.4 is 17.0 Å². The van der Waals surface area contributed by atoms with Gasteiger partial charge in [-0.2, -0.15) is 0 Å². The maximum Gasteiger partial charge on any atom is 2.00 e. The summed E-state index contributed by atoms with van der Waals surface area (Å²) >= 11 is 0. The van der Waals surface area contributed by atoms with Gasteiger partial charge in [0.05, 0.1) is 0 Å². The topological polar surface area (TPSA) is 61.5 Å². The third-order valence-electron chi connectivity index (χ3n) is 0. The van der Waals surface area contributed by atoms with Gasteiger partial charge < -0.3 is 27.9 Å². The van der Waals surface area contributed by atoms with Crippen LogP contribution in [0.2, 0.25) is 0 Å². The third kappa shape index (κ3) is 10.9. The Kier molecular flexibility index (Phi) is 506. The Labute approximate surface area is 51.1 Å². The average molecular weight is 139 g/mol. The molecule has 0 aromatic carbocycles. The molecule has 3 N–H and O–H groups in total. The Morgan fingerprint density at radius 3 is 1.00 bits per heavy atom. The van der Waals surface area contributed by atoms with Crippen molar-refractivity contribution in [2.24, 2.45) is 0 Å². The van der Waals surface area contributed by atoms with Crippen LogP contribution in [0.3, 0.4) is 0 Å². The monoisotopic (exact) mass is 138 g/mol. The number of rotatable bonds is 0. The van der Waals surface area contributed by atoms with E-state index in [1.807, 2.05) is 0 Å². The van der Waals surface area contributed by atoms with Gasteiger partial charge in [-0.25, -0.2) is 0 Å². The van der Waals surface area contributed by atoms with Gasteiger partial charge >= 0.3 is 23.1 Å². The summed E-state index contributed by atoms with van der Waals surface area (Å²) in [5.41, 5.74) is 0. The molecule has 0 spiro atoms. The molecule has 0 aromatic rings. The van der Waals surface area contributed by atoms with E-state index in [9.17, 15) is 0 Å². The van der Waals surface area contributed by atoms with Gasteiger partial charge in [-0.05, 0) is 0 Å². The van der Waals surface area contributed by atoms with E-state index in [0.717, 1.165) is 0 Å². The van der Waals surface area contributed by atoms with Crippen molar-refractivity contribution < 1.29 is 27.9 Å². The fraction of sp³-hybridized carbons (Fsp3) is 0. The molecule has 0 saturated carbocycles. The molecule has 0 aliphatic heterocycles. The molecule has 24 valence electrons. The molecule has 4 heteroatoms. The molecule has 0 bridgehead atoms. The van der Waals surface area contributed by atoms with Crippen LogP contribution in [0, 0.1) is 0 Å². The van der Waals surface area contributed by atoms with E-state index >= 15 is 0 Å². The van der Waals surface area contributed by atoms with E-state index in [0.29, 0.717) is 0 Å². The Morgan fingerprint density at radius 1 is 1.00 bits per heavy atom. The normalized spacial score (nSPS) is 0. The van der Waals surface area contributed by atoms with Crippen molar-refractivity contribution in [1.82, 2.24) is 0 Å². The van der Waals surface area contributed by atoms with E-state index in [2.05, 4.69) is 0 Å². The zero-order valence-electron chi connectivity index (χ0n) is 2.03. The van der Waals surface area contributed by atoms with Gasteiger partial charge in [-0.3, -0.25) is 0 Å². The van der Waals surface area contributed by atoms with Gasteiger partial charge in [-0.15, -0.1) is 0 Å². The second-order valence-electron chi connectivity index (χ2n) is 0. The Balaban J connectivity index is 0. The van der Waals surface area contributed by atoms with E-state index in [4.69, 9.17) is 0 Å². The van der Waals surface area contributed by atoms with Crippen LogP contribution in [0.4, 0.5) is 0 Å². The maximum absolute atomic E-state index is 0. The van der Waals surface area contributed by atoms with Crippen molar-refractivity contribution in [2.75, 3.05) is 0 Å². The van der Waals surface area contributed by atoms with Crippen LogP contribution >= 0.6 is 0 Å². The van der Waals surface area contributed by atoms with Gasteiger partial charge in [0, 0.05) is 0 Å². The molecule has 4 heavy (non-hydrogen) atoms. The molecule has 0 fully saturated rings. The SMILES string of the molecule is O.[Br-].[Mg+2].[OH-]. The maximum atomic E-state index is 0. The van der Waals surface area contributed by atoms with Crippen molar-refractivity contribution in [1.29, 1.82) is 0 Å². The summed E-state index contributed by atoms with van der Waals surface area (Å²) in [6.45, 7) is 0. The second-order valence-corrected chi connectivity index (χ2v) is 0. The number of hydrogen-bond acceptors (Lipinski definition) is 1. The van der Waals surface area contributed by atoms with Crippen molar-refractivity contribution in [2.45, 2.75) is 0 Å². The van der Waals surface area contributed by atoms with Crippen LogP contribution in [-0.4, -0.2) is 34.0 Å². The Morgan fingerprint density at radius 2 is 1.00 bits per heavy atom. The van der Waals surface area contributed by atoms with Crippen molar-refractivity contribution in [3.63, 3.8) is 0 Å². The van der Waals surface area contributed by atoms with Gasteiger partial charge in [0.1, 0.15) is 0 Å². The molecule has 0 saturated heterocycles. The average Bonchev–Trinajstić information content (AvgIpc) is 0. The first-order valence-electron chi connectivity index (χ1n) is 0. The minimum absolute atomic E-state index is 0. The molecule has 0 radical (unpaired) electrons. The van der Waals surface area contributed by atoms with Crippen molar-refractivity contribution in [3.8, 4) is 0 Å². The van der Waals surface area contributed by atoms with E-state index in [-0.39, 0.29) is 51.0 Å². The molecule has 0 amide bonds. The summed E-state index contributed by atoms with van der Waals surface area (Å²) in [4.78, 5) is 0. The second kappa shape index (κ2) is 30.7. The molecule has 0 unspecified atom stereocenters. The van der Waals surface area contributed by atoms with Gasteiger partial charge in [0.15, 0.2) is 0 Å². The number of halogens is 1. The van der Waals surface area contributed by atoms with E-state index < -0.39 is 0 Å². The number of hydrogen-bond donors (Lipinski definition) is 0. The minimum atomic E-state index is 0. The predicted octanol–water partition coefficient (Wildman–Crippen LogP) is -4.38. The molecule has 0 aromatic heterocycles. The molecular weight excluding hydrogens is 136 g/mol. The van der Waals surface area contributed by atoms with Crippen molar-refractivity contribution in [3.05, 3.63) is 0 Å². The first-order valence-corrected chi connectivity index (χ1v) is 0. The first kappa shape index (κ1) is 65.9. The summed E-state index contributed by atoms with van der Waals surface area (Å²) in [5, 5.41) is 0. The van der Waals surface area contributed by atoms with E-state index in [1.165, 1.54) is 0 Å². The summed E-state index contributed by atoms with van der Waals surface area (Å²) in [6.07, 6.45) is 0. The minimum Gasteiger partial charge on any atom is -1.00 e. The molecule has 0 aliphatic rings. The molecule has 2 nitrogen and oxygen atoms in total. The van der Waals surface area contributed by atoms with Crippen LogP contribution in [-0.2, 0) is 0 Å². The van der Waals surface area contributed by atoms with Gasteiger partial charge in [0.25, 0.3) is 0 Å². The smallest absolute Gasteiger partial charge is 1.00 e. The fourth-order valence-corrected chi connectivity index (χ4v) is 0. The van der Waals surface area contributed by atoms with Crippen molar-refractivity contribution >= 4 is 23.1 Å². The molecule has 0 heterocycles.